The van der Waals surface area contributed by atoms with Crippen LogP contribution in [0, 0.1) is 5.82 Å². The van der Waals surface area contributed by atoms with Crippen LogP contribution in [0.4, 0.5) is 4.39 Å². The van der Waals surface area contributed by atoms with Crippen molar-refractivity contribution in [1.29, 1.82) is 0 Å². The fraction of sp³-hybridized carbons (Fsp3) is 0.417. The summed E-state index contributed by atoms with van der Waals surface area (Å²) >= 11 is 0. The van der Waals surface area contributed by atoms with E-state index in [1.54, 1.807) is 13.1 Å². The van der Waals surface area contributed by atoms with E-state index in [0.29, 0.717) is 13.1 Å². The first-order chi connectivity index (χ1) is 8.11. The Bertz CT molecular complexity index is 425. The van der Waals surface area contributed by atoms with Gasteiger partial charge in [-0.2, -0.15) is 0 Å². The molecule has 5 heteroatoms. The Morgan fingerprint density at radius 3 is 2.76 bits per heavy atom. The molecule has 2 rings (SSSR count). The highest BCUT2D eigenvalue weighted by Gasteiger charge is 2.32. The molecule has 0 aromatic heterocycles. The number of carbonyl (C=O) groups is 1. The highest BCUT2D eigenvalue weighted by atomic mass is 19.1. The number of carbonyl (C=O) groups excluding carboxylic acids is 1. The van der Waals surface area contributed by atoms with Crippen molar-refractivity contribution in [1.82, 2.24) is 10.2 Å². The molecule has 0 bridgehead atoms. The van der Waals surface area contributed by atoms with Gasteiger partial charge in [-0.3, -0.25) is 4.79 Å². The monoisotopic (exact) mass is 238 g/mol. The summed E-state index contributed by atoms with van der Waals surface area (Å²) in [5.74, 6) is -0.944. The zero-order valence-corrected chi connectivity index (χ0v) is 9.56. The quantitative estimate of drug-likeness (QED) is 0.775. The molecule has 1 aliphatic heterocycles. The summed E-state index contributed by atoms with van der Waals surface area (Å²) in [6.07, 6.45) is -0.601. The van der Waals surface area contributed by atoms with Crippen LogP contribution >= 0.6 is 0 Å². The van der Waals surface area contributed by atoms with Crippen molar-refractivity contribution in [3.8, 4) is 0 Å². The van der Waals surface area contributed by atoms with E-state index in [1.165, 1.54) is 23.1 Å². The minimum Gasteiger partial charge on any atom is -0.390 e. The number of benzene rings is 1. The Morgan fingerprint density at radius 1 is 1.47 bits per heavy atom. The number of nitrogens with one attached hydrogen (secondary N) is 1. The molecule has 1 saturated heterocycles. The van der Waals surface area contributed by atoms with E-state index in [0.717, 1.165) is 0 Å². The van der Waals surface area contributed by atoms with Crippen molar-refractivity contribution < 1.29 is 14.3 Å². The first kappa shape index (κ1) is 12.0. The van der Waals surface area contributed by atoms with Crippen LogP contribution in [-0.2, 0) is 0 Å². The third-order valence-corrected chi connectivity index (χ3v) is 3.07. The van der Waals surface area contributed by atoms with Gasteiger partial charge in [-0.25, -0.2) is 4.39 Å². The predicted octanol–water partition coefficient (Wildman–Crippen LogP) is 0.230. The SMILES string of the molecule is CN(C(=O)c1ccccc1F)[C@H]1CNC[C@@H]1O. The highest BCUT2D eigenvalue weighted by Crippen LogP contribution is 2.14. The molecule has 1 aliphatic rings. The van der Waals surface area contributed by atoms with Gasteiger partial charge in [-0.05, 0) is 12.1 Å². The first-order valence-electron chi connectivity index (χ1n) is 5.51. The maximum atomic E-state index is 13.5. The maximum Gasteiger partial charge on any atom is 0.256 e. The molecule has 0 saturated carbocycles. The molecule has 0 spiro atoms. The number of β-amino-alcohol motifs (C(OH)–C–C–N with tert-alkyl or cyclic N) is 1. The summed E-state index contributed by atoms with van der Waals surface area (Å²) in [4.78, 5) is 13.4. The predicted molar refractivity (Wildman–Crippen MR) is 61.2 cm³/mol. The first-order valence-corrected chi connectivity index (χ1v) is 5.51. The highest BCUT2D eigenvalue weighted by molar-refractivity contribution is 5.94. The van der Waals surface area contributed by atoms with Crippen LogP contribution in [0.15, 0.2) is 24.3 Å². The number of likely N-dealkylation sites (N-methyl/N-ethyl adjacent to an activating group) is 1. The second-order valence-corrected chi connectivity index (χ2v) is 4.19. The largest absolute Gasteiger partial charge is 0.390 e. The van der Waals surface area contributed by atoms with Crippen molar-refractivity contribution in [3.05, 3.63) is 35.6 Å². The molecule has 0 unspecified atom stereocenters. The van der Waals surface area contributed by atoms with Gasteiger partial charge in [0, 0.05) is 20.1 Å². The number of nitrogens with zero attached hydrogens (tertiary/aromatic N) is 1. The molecule has 1 amide bonds. The van der Waals surface area contributed by atoms with Gasteiger partial charge in [0.1, 0.15) is 5.82 Å². The summed E-state index contributed by atoms with van der Waals surface area (Å²) in [6, 6.07) is 5.56. The fourth-order valence-corrected chi connectivity index (χ4v) is 2.02. The summed E-state index contributed by atoms with van der Waals surface area (Å²) in [5.41, 5.74) is 0.0362. The Labute approximate surface area is 99.0 Å². The number of amides is 1. The molecule has 2 atom stereocenters. The summed E-state index contributed by atoms with van der Waals surface area (Å²) in [5, 5.41) is 12.7. The van der Waals surface area contributed by atoms with Gasteiger partial charge in [0.25, 0.3) is 5.91 Å². The number of rotatable bonds is 2. The molecular formula is C12H15FN2O2. The van der Waals surface area contributed by atoms with Crippen LogP contribution in [0.3, 0.4) is 0 Å². The van der Waals surface area contributed by atoms with E-state index >= 15 is 0 Å². The Morgan fingerprint density at radius 2 is 2.18 bits per heavy atom. The number of aliphatic hydroxyl groups excluding tert-OH is 1. The lowest BCUT2D eigenvalue weighted by Gasteiger charge is -2.26. The molecule has 0 aliphatic carbocycles. The van der Waals surface area contributed by atoms with Crippen LogP contribution < -0.4 is 5.32 Å². The van der Waals surface area contributed by atoms with Crippen molar-refractivity contribution in [2.24, 2.45) is 0 Å². The van der Waals surface area contributed by atoms with Crippen LogP contribution in [0.25, 0.3) is 0 Å². The minimum absolute atomic E-state index is 0.0362. The summed E-state index contributed by atoms with van der Waals surface area (Å²) in [7, 11) is 1.58. The number of hydrogen-bond acceptors (Lipinski definition) is 3. The molecular weight excluding hydrogens is 223 g/mol. The van der Waals surface area contributed by atoms with E-state index in [-0.39, 0.29) is 11.6 Å². The van der Waals surface area contributed by atoms with Gasteiger partial charge in [0.05, 0.1) is 17.7 Å². The maximum absolute atomic E-state index is 13.5. The molecule has 2 N–H and O–H groups in total. The zero-order chi connectivity index (χ0) is 12.4. The summed E-state index contributed by atoms with van der Waals surface area (Å²) in [6.45, 7) is 0.984. The minimum atomic E-state index is -0.601. The van der Waals surface area contributed by atoms with Gasteiger partial charge in [0.15, 0.2) is 0 Å². The third kappa shape index (κ3) is 2.30. The van der Waals surface area contributed by atoms with E-state index in [1.807, 2.05) is 0 Å². The fourth-order valence-electron chi connectivity index (χ4n) is 2.02. The Balaban J connectivity index is 2.17. The normalized spacial score (nSPS) is 23.7. The van der Waals surface area contributed by atoms with E-state index in [2.05, 4.69) is 5.32 Å². The topological polar surface area (TPSA) is 52.6 Å². The Hall–Kier alpha value is -1.46. The van der Waals surface area contributed by atoms with E-state index in [9.17, 15) is 14.3 Å². The van der Waals surface area contributed by atoms with Crippen molar-refractivity contribution in [2.75, 3.05) is 20.1 Å². The molecule has 17 heavy (non-hydrogen) atoms. The van der Waals surface area contributed by atoms with Crippen molar-refractivity contribution in [2.45, 2.75) is 12.1 Å². The zero-order valence-electron chi connectivity index (χ0n) is 9.56. The molecule has 1 aromatic carbocycles. The molecule has 1 aromatic rings. The molecule has 92 valence electrons. The second-order valence-electron chi connectivity index (χ2n) is 4.19. The van der Waals surface area contributed by atoms with Crippen molar-refractivity contribution >= 4 is 5.91 Å². The van der Waals surface area contributed by atoms with Gasteiger partial charge in [0.2, 0.25) is 0 Å². The average molecular weight is 238 g/mol. The molecule has 1 fully saturated rings. The standard InChI is InChI=1S/C12H15FN2O2/c1-15(10-6-14-7-11(10)16)12(17)8-4-2-3-5-9(8)13/h2-5,10-11,14,16H,6-7H2,1H3/t10-,11-/m0/s1. The molecule has 0 radical (unpaired) electrons. The van der Waals surface area contributed by atoms with Crippen LogP contribution in [0.2, 0.25) is 0 Å². The number of aliphatic hydroxyl groups is 1. The molecule has 4 nitrogen and oxygen atoms in total. The van der Waals surface area contributed by atoms with Gasteiger partial charge < -0.3 is 15.3 Å². The molecule has 1 heterocycles. The van der Waals surface area contributed by atoms with Crippen LogP contribution in [0.5, 0.6) is 0 Å². The average Bonchev–Trinajstić information content (AvgIpc) is 2.74. The summed E-state index contributed by atoms with van der Waals surface area (Å²) < 4.78 is 13.5. The second kappa shape index (κ2) is 4.81. The lowest BCUT2D eigenvalue weighted by Crippen LogP contribution is -2.44. The van der Waals surface area contributed by atoms with Gasteiger partial charge in [-0.15, -0.1) is 0 Å². The van der Waals surface area contributed by atoms with Crippen LogP contribution in [-0.4, -0.2) is 48.2 Å². The number of halogens is 1. The van der Waals surface area contributed by atoms with E-state index < -0.39 is 17.8 Å². The lowest BCUT2D eigenvalue weighted by atomic mass is 10.1. The van der Waals surface area contributed by atoms with Crippen molar-refractivity contribution in [3.63, 3.8) is 0 Å². The third-order valence-electron chi connectivity index (χ3n) is 3.07. The van der Waals surface area contributed by atoms with Crippen LogP contribution in [0.1, 0.15) is 10.4 Å². The Kier molecular flexibility index (Phi) is 3.40. The lowest BCUT2D eigenvalue weighted by molar-refractivity contribution is 0.0577. The van der Waals surface area contributed by atoms with Gasteiger partial charge >= 0.3 is 0 Å². The number of hydrogen-bond donors (Lipinski definition) is 2. The smallest absolute Gasteiger partial charge is 0.256 e. The van der Waals surface area contributed by atoms with Gasteiger partial charge in [-0.1, -0.05) is 12.1 Å². The van der Waals surface area contributed by atoms with E-state index in [4.69, 9.17) is 0 Å².